The Bertz CT molecular complexity index is 1150. The number of halogens is 3. The topological polar surface area (TPSA) is 84.1 Å². The van der Waals surface area contributed by atoms with Gasteiger partial charge in [-0.1, -0.05) is 12.1 Å². The predicted octanol–water partition coefficient (Wildman–Crippen LogP) is 5.39. The van der Waals surface area contributed by atoms with Crippen LogP contribution in [0.5, 0.6) is 0 Å². The van der Waals surface area contributed by atoms with Crippen LogP contribution in [-0.2, 0) is 0 Å². The Hall–Kier alpha value is -3.13. The molecule has 5 nitrogen and oxygen atoms in total. The molecule has 31 heavy (non-hydrogen) atoms. The van der Waals surface area contributed by atoms with E-state index < -0.39 is 23.8 Å². The van der Waals surface area contributed by atoms with Crippen molar-refractivity contribution >= 4 is 27.9 Å². The molecule has 4 rings (SSSR count). The van der Waals surface area contributed by atoms with E-state index in [2.05, 4.69) is 15.5 Å². The van der Waals surface area contributed by atoms with E-state index in [-0.39, 0.29) is 17.4 Å². The van der Waals surface area contributed by atoms with Crippen molar-refractivity contribution in [3.8, 4) is 0 Å². The lowest BCUT2D eigenvalue weighted by atomic mass is 9.91. The summed E-state index contributed by atoms with van der Waals surface area (Å²) in [4.78, 5) is 0. The molecule has 0 fully saturated rings. The van der Waals surface area contributed by atoms with Crippen LogP contribution >= 0.6 is 0 Å². The SMILES string of the molecule is C[C@@H](Nc1cnnc2ccc(C3=CCC(O)CC3)cc12)c1cc(N)cc(C(F)F)c1F. The van der Waals surface area contributed by atoms with Gasteiger partial charge in [-0.05, 0) is 61.6 Å². The fourth-order valence-corrected chi connectivity index (χ4v) is 3.93. The average molecular weight is 428 g/mol. The Morgan fingerprint density at radius 2 is 1.97 bits per heavy atom. The van der Waals surface area contributed by atoms with E-state index >= 15 is 0 Å². The van der Waals surface area contributed by atoms with Crippen LogP contribution in [-0.4, -0.2) is 21.4 Å². The van der Waals surface area contributed by atoms with Crippen molar-refractivity contribution in [3.63, 3.8) is 0 Å². The number of allylic oxidation sites excluding steroid dienone is 1. The lowest BCUT2D eigenvalue weighted by Crippen LogP contribution is -2.12. The molecule has 0 bridgehead atoms. The van der Waals surface area contributed by atoms with E-state index in [4.69, 9.17) is 5.73 Å². The van der Waals surface area contributed by atoms with Gasteiger partial charge in [0.1, 0.15) is 5.82 Å². The number of hydrogen-bond acceptors (Lipinski definition) is 5. The molecule has 162 valence electrons. The van der Waals surface area contributed by atoms with Gasteiger partial charge in [-0.15, -0.1) is 0 Å². The average Bonchev–Trinajstić information content (AvgIpc) is 2.75. The summed E-state index contributed by atoms with van der Waals surface area (Å²) in [7, 11) is 0. The van der Waals surface area contributed by atoms with E-state index in [1.54, 1.807) is 6.92 Å². The van der Waals surface area contributed by atoms with Gasteiger partial charge >= 0.3 is 0 Å². The molecule has 0 radical (unpaired) electrons. The number of anilines is 2. The summed E-state index contributed by atoms with van der Waals surface area (Å²) >= 11 is 0. The summed E-state index contributed by atoms with van der Waals surface area (Å²) in [6.45, 7) is 1.67. The molecular formula is C23H23F3N4O. The molecule has 1 aromatic heterocycles. The first-order valence-corrected chi connectivity index (χ1v) is 10.1. The highest BCUT2D eigenvalue weighted by atomic mass is 19.3. The van der Waals surface area contributed by atoms with Crippen molar-refractivity contribution < 1.29 is 18.3 Å². The highest BCUT2D eigenvalue weighted by molar-refractivity contribution is 5.93. The van der Waals surface area contributed by atoms with Gasteiger partial charge < -0.3 is 16.2 Å². The molecule has 2 aromatic carbocycles. The number of nitrogens with two attached hydrogens (primary N) is 1. The fourth-order valence-electron chi connectivity index (χ4n) is 3.93. The van der Waals surface area contributed by atoms with E-state index in [0.29, 0.717) is 24.0 Å². The number of nitrogens with one attached hydrogen (secondary N) is 1. The summed E-state index contributed by atoms with van der Waals surface area (Å²) in [6.07, 6.45) is 2.40. The molecular weight excluding hydrogens is 405 g/mol. The maximum Gasteiger partial charge on any atom is 0.266 e. The number of aliphatic hydroxyl groups excluding tert-OH is 1. The van der Waals surface area contributed by atoms with Gasteiger partial charge in [-0.25, -0.2) is 13.2 Å². The van der Waals surface area contributed by atoms with Gasteiger partial charge in [0.05, 0.1) is 35.1 Å². The number of aromatic nitrogens is 2. The maximum absolute atomic E-state index is 14.7. The lowest BCUT2D eigenvalue weighted by Gasteiger charge is -2.20. The van der Waals surface area contributed by atoms with Crippen LogP contribution in [0.4, 0.5) is 24.5 Å². The molecule has 0 saturated carbocycles. The smallest absolute Gasteiger partial charge is 0.266 e. The minimum absolute atomic E-state index is 0.0559. The Morgan fingerprint density at radius 1 is 1.19 bits per heavy atom. The summed E-state index contributed by atoms with van der Waals surface area (Å²) in [5, 5.41) is 21.8. The third-order valence-electron chi connectivity index (χ3n) is 5.62. The second kappa shape index (κ2) is 8.55. The zero-order valence-corrected chi connectivity index (χ0v) is 16.9. The van der Waals surface area contributed by atoms with Gasteiger partial charge in [0.15, 0.2) is 0 Å². The van der Waals surface area contributed by atoms with E-state index in [0.717, 1.165) is 29.0 Å². The first kappa shape index (κ1) is 21.1. The Morgan fingerprint density at radius 3 is 2.68 bits per heavy atom. The number of nitrogens with zero attached hydrogens (tertiary/aromatic N) is 2. The molecule has 8 heteroatoms. The van der Waals surface area contributed by atoms with Gasteiger partial charge in [-0.3, -0.25) is 0 Å². The zero-order valence-electron chi connectivity index (χ0n) is 16.9. The van der Waals surface area contributed by atoms with Gasteiger partial charge in [-0.2, -0.15) is 10.2 Å². The van der Waals surface area contributed by atoms with Crippen LogP contribution in [0, 0.1) is 5.82 Å². The molecule has 2 atom stereocenters. The quantitative estimate of drug-likeness (QED) is 0.475. The second-order valence-corrected chi connectivity index (χ2v) is 7.83. The number of rotatable bonds is 5. The number of nitrogen functional groups attached to an aromatic ring is 1. The van der Waals surface area contributed by atoms with Crippen molar-refractivity contribution in [1.82, 2.24) is 10.2 Å². The van der Waals surface area contributed by atoms with E-state index in [1.807, 2.05) is 24.3 Å². The number of aliphatic hydroxyl groups is 1. The minimum atomic E-state index is -2.96. The largest absolute Gasteiger partial charge is 0.399 e. The number of alkyl halides is 2. The van der Waals surface area contributed by atoms with Crippen molar-refractivity contribution in [2.75, 3.05) is 11.1 Å². The van der Waals surface area contributed by atoms with Crippen molar-refractivity contribution in [1.29, 1.82) is 0 Å². The third-order valence-corrected chi connectivity index (χ3v) is 5.62. The summed E-state index contributed by atoms with van der Waals surface area (Å²) in [6, 6.07) is 7.47. The number of fused-ring (bicyclic) bond motifs is 1. The van der Waals surface area contributed by atoms with Crippen LogP contribution in [0.25, 0.3) is 16.5 Å². The lowest BCUT2D eigenvalue weighted by molar-refractivity contribution is 0.146. The Labute approximate surface area is 177 Å². The minimum Gasteiger partial charge on any atom is -0.399 e. The molecule has 1 aliphatic rings. The molecule has 0 spiro atoms. The Balaban J connectivity index is 1.69. The second-order valence-electron chi connectivity index (χ2n) is 7.83. The molecule has 0 saturated heterocycles. The summed E-state index contributed by atoms with van der Waals surface area (Å²) < 4.78 is 41.0. The highest BCUT2D eigenvalue weighted by Gasteiger charge is 2.22. The first-order valence-electron chi connectivity index (χ1n) is 10.1. The van der Waals surface area contributed by atoms with Crippen LogP contribution in [0.2, 0.25) is 0 Å². The van der Waals surface area contributed by atoms with E-state index in [9.17, 15) is 18.3 Å². The van der Waals surface area contributed by atoms with Crippen LogP contribution < -0.4 is 11.1 Å². The van der Waals surface area contributed by atoms with E-state index in [1.165, 1.54) is 12.3 Å². The van der Waals surface area contributed by atoms with Gasteiger partial charge in [0.25, 0.3) is 6.43 Å². The molecule has 4 N–H and O–H groups in total. The maximum atomic E-state index is 14.7. The number of hydrogen-bond donors (Lipinski definition) is 3. The highest BCUT2D eigenvalue weighted by Crippen LogP contribution is 2.34. The number of benzene rings is 2. The molecule has 1 aliphatic carbocycles. The van der Waals surface area contributed by atoms with Crippen LogP contribution in [0.3, 0.4) is 0 Å². The van der Waals surface area contributed by atoms with Crippen LogP contribution in [0.15, 0.2) is 42.6 Å². The molecule has 1 heterocycles. The summed E-state index contributed by atoms with van der Waals surface area (Å²) in [5.41, 5.74) is 8.56. The van der Waals surface area contributed by atoms with Crippen molar-refractivity contribution in [3.05, 3.63) is 65.1 Å². The zero-order chi connectivity index (χ0) is 22.1. The monoisotopic (exact) mass is 428 g/mol. The molecule has 0 amide bonds. The molecule has 3 aromatic rings. The van der Waals surface area contributed by atoms with Crippen molar-refractivity contribution in [2.45, 2.75) is 44.8 Å². The van der Waals surface area contributed by atoms with Crippen molar-refractivity contribution in [2.24, 2.45) is 0 Å². The normalized spacial score (nSPS) is 17.6. The predicted molar refractivity (Wildman–Crippen MR) is 115 cm³/mol. The third kappa shape index (κ3) is 4.34. The molecule has 0 aliphatic heterocycles. The standard InChI is InChI=1S/C23H23F3N4O/c1-12(17-9-15(27)10-19(22(17)24)23(25)26)29-21-11-28-30-20-7-4-14(8-18(20)21)13-2-5-16(31)6-3-13/h2,4,7-12,16,23,31H,3,5-6,27H2,1H3,(H,29,30)/t12-,16?/m1/s1. The molecule has 1 unspecified atom stereocenters. The Kier molecular flexibility index (Phi) is 5.82. The van der Waals surface area contributed by atoms with Gasteiger partial charge in [0, 0.05) is 16.6 Å². The van der Waals surface area contributed by atoms with Gasteiger partial charge in [0.2, 0.25) is 0 Å². The van der Waals surface area contributed by atoms with Crippen LogP contribution in [0.1, 0.15) is 55.3 Å². The first-order chi connectivity index (χ1) is 14.8. The fraction of sp³-hybridized carbons (Fsp3) is 0.304. The summed E-state index contributed by atoms with van der Waals surface area (Å²) in [5.74, 6) is -0.970.